The van der Waals surface area contributed by atoms with Gasteiger partial charge in [0.1, 0.15) is 73.2 Å². The Morgan fingerprint density at radius 1 is 0.229 bits per heavy atom. The fraction of sp³-hybridized carbons (Fsp3) is 0.944. The molecule has 0 aromatic rings. The van der Waals surface area contributed by atoms with Crippen LogP contribution in [0, 0.1) is 0 Å². The number of ether oxygens (including phenoxy) is 4. The summed E-state index contributed by atoms with van der Waals surface area (Å²) in [4.78, 5) is 27.9. The van der Waals surface area contributed by atoms with Crippen molar-refractivity contribution in [1.82, 2.24) is 10.6 Å². The molecule has 0 bridgehead atoms. The first-order chi connectivity index (χ1) is 55.3. The van der Waals surface area contributed by atoms with Crippen LogP contribution in [0.2, 0.25) is 0 Å². The van der Waals surface area contributed by atoms with Crippen LogP contribution in [0.15, 0.2) is 0 Å². The van der Waals surface area contributed by atoms with Crippen LogP contribution in [0.3, 0.4) is 0 Å². The molecule has 0 saturated carbocycles. The minimum Gasteiger partial charge on any atom is -0.354 e. The van der Waals surface area contributed by atoms with Crippen LogP contribution < -0.4 is 10.6 Å². The Kier molecular flexibility index (Phi) is 107. The monoisotopic (exact) mass is 2530 g/mol. The summed E-state index contributed by atoms with van der Waals surface area (Å²) in [5.41, 5.74) is 0. The van der Waals surface area contributed by atoms with Crippen molar-refractivity contribution in [2.45, 2.75) is 174 Å². The molecule has 2 amide bonds. The van der Waals surface area contributed by atoms with Crippen molar-refractivity contribution in [3.8, 4) is 0 Å². The molecule has 18 N–H and O–H groups in total. The average molecular weight is 2530 g/mol. The van der Waals surface area contributed by atoms with Crippen LogP contribution in [0.5, 0.6) is 0 Å². The third-order valence-corrected chi connectivity index (χ3v) is 21.1. The number of hydrogen-bond acceptors (Lipinski definition) is 54. The number of carbonyl (C=O) groups is 2. The molecule has 16 radical (unpaired) electrons. The SMILES string of the molecule is O=C(NCCCCCCCCCCCCNC(=O)[C@H](OS(=O)(=O)O)[C@@H](OS(=O)(=O)O)[C@H](O[C@H]1O[C@H](COS(=O)(=O)O)[C@@H](OS(=O)(=O)O)[C@H](OS(=O)(=O)O)[C@H]1OS(=O)(=O)O)[C@@H](COS(=O)(=O)O)OS(=O)(=O)O)[C@H](OS(=O)(=O)O)[C@@H](OS(=O)(=O)O)[C@H](O[C@H]1O[C@H](COS(=O)(=O)O)[C@@H](OS(=O)(=O)O)[C@H](OS(=O)(=O)O)[C@H]1OS(=O)(=O)O)[C@@H](COS(=O)(=O)O)OS(=O)(=O)O.[Na].[Na].[Na].[Na].[Na].[Na].[Na].[Na].[Na].[Na].[Na].[Na].[Na].[Na].[Na].[Na]. The molecule has 0 aromatic carbocycles. The molecule has 2 rings (SSSR count). The van der Waals surface area contributed by atoms with E-state index in [9.17, 15) is 217 Å². The quantitative estimate of drug-likeness (QED) is 0.0153. The van der Waals surface area contributed by atoms with Crippen molar-refractivity contribution < 1.29 is 303 Å². The molecule has 2 aliphatic rings. The van der Waals surface area contributed by atoms with Crippen molar-refractivity contribution in [3.63, 3.8) is 0 Å². The first-order valence-electron chi connectivity index (χ1n) is 30.8. The second kappa shape index (κ2) is 80.6. The summed E-state index contributed by atoms with van der Waals surface area (Å²) in [6, 6.07) is 0. The van der Waals surface area contributed by atoms with Crippen LogP contribution in [-0.4, -0.2) is 842 Å². The molecule has 0 aromatic heterocycles. The van der Waals surface area contributed by atoms with Crippen molar-refractivity contribution >= 4 is 651 Å². The summed E-state index contributed by atoms with van der Waals surface area (Å²) in [5, 5.41) is 3.53. The van der Waals surface area contributed by atoms with Crippen LogP contribution in [0.25, 0.3) is 0 Å². The molecule has 0 aliphatic carbocycles. The summed E-state index contributed by atoms with van der Waals surface area (Å²) in [5.74, 6) is -4.55. The van der Waals surface area contributed by atoms with E-state index in [1.54, 1.807) is 10.6 Å². The maximum absolute atomic E-state index is 14.0. The van der Waals surface area contributed by atoms with E-state index in [1.165, 1.54) is 0 Å². The van der Waals surface area contributed by atoms with Gasteiger partial charge in [-0.1, -0.05) is 51.4 Å². The van der Waals surface area contributed by atoms with Crippen molar-refractivity contribution in [1.29, 1.82) is 0 Å². The average Bonchev–Trinajstić information content (AvgIpc) is 0.761. The predicted octanol–water partition coefficient (Wildman–Crippen LogP) is -17.2. The second-order valence-electron chi connectivity index (χ2n) is 23.2. The van der Waals surface area contributed by atoms with Gasteiger partial charge in [-0.15, -0.1) is 0 Å². The fourth-order valence-electron chi connectivity index (χ4n) is 9.97. The van der Waals surface area contributed by atoms with E-state index >= 15 is 0 Å². The van der Waals surface area contributed by atoms with Gasteiger partial charge in [-0.05, 0) is 12.8 Å². The summed E-state index contributed by atoms with van der Waals surface area (Å²) in [6.07, 6.45) is -66.3. The summed E-state index contributed by atoms with van der Waals surface area (Å²) < 4.78 is 628. The molecule has 2 fully saturated rings. The zero-order chi connectivity index (χ0) is 96.4. The molecular formula is C36H68N2Na16O70S16. The maximum atomic E-state index is 14.0. The molecule has 754 valence electrons. The summed E-state index contributed by atoms with van der Waals surface area (Å²) >= 11 is 0. The van der Waals surface area contributed by atoms with E-state index in [0.717, 1.165) is 0 Å². The Morgan fingerprint density at radius 3 is 0.614 bits per heavy atom. The van der Waals surface area contributed by atoms with Crippen LogP contribution >= 0.6 is 0 Å². The standard InChI is InChI=1S/C36H68N2O70S16.16Na/c39-33(29(105-121(77,78)79)25(101-117(65,66)67)21(19(97-113(53,54)55)15-91-111(47,48)49)95-35-31(107-123(83,84)85)27(103-119(71,72)73)23(99-115(59,60)61)17(93-35)13-89-109(41,42)43)37-11-9-7-5-3-1-2-4-6-8-10-12-38-34(40)30(106-122(80,81)82)26(102-118(68,69)70)22(20(98-114(56,57)58)16-92-112(50,51)52)96-36-32(108-124(86,87)88)28(104-120(74,75)76)24(100-116(62,63)64)18(94-36)14-90-110(44,45)46;;;;;;;;;;;;;;;;/h17-32,35-36H,1-16H2,(H,37,39)(H,38,40)(H,41,42,43)(H,44,45,46)(H,47,48,49)(H,50,51,52)(H,53,54,55)(H,56,57,58)(H,59,60,61)(H,62,63,64)(H,65,66,67)(H,68,69,70)(H,71,72,73)(H,74,75,76)(H,77,78,79)(H,80,81,82)(H,83,84,85)(H,86,87,88);;;;;;;;;;;;;;;;/t17-,18-,19-,20-,21-,22-,23-,24-,25+,26+,27+,28+,29-,30-,31-,32-,35-,36-;;;;;;;;;;;;;;;;/m1................/s1. The summed E-state index contributed by atoms with van der Waals surface area (Å²) in [6.45, 7) is -11.0. The largest absolute Gasteiger partial charge is 0.398 e. The number of carbonyl (C=O) groups excluding carboxylic acids is 2. The van der Waals surface area contributed by atoms with E-state index in [2.05, 4.69) is 66.9 Å². The normalized spacial score (nSPS) is 20.7. The smallest absolute Gasteiger partial charge is 0.354 e. The number of amides is 2. The maximum Gasteiger partial charge on any atom is 0.398 e. The summed E-state index contributed by atoms with van der Waals surface area (Å²) in [7, 11) is -102. The molecule has 72 nitrogen and oxygen atoms in total. The Balaban J connectivity index is -0.000000751. The van der Waals surface area contributed by atoms with Gasteiger partial charge in [0.05, 0.1) is 26.4 Å². The number of unbranched alkanes of at least 4 members (excludes halogenated alkanes) is 9. The molecule has 2 heterocycles. The van der Waals surface area contributed by atoms with Crippen LogP contribution in [0.4, 0.5) is 0 Å². The van der Waals surface area contributed by atoms with E-state index < -0.39 is 328 Å². The van der Waals surface area contributed by atoms with E-state index in [4.69, 9.17) is 18.9 Å². The molecule has 2 aliphatic heterocycles. The second-order valence-corrected chi connectivity index (χ2v) is 40.1. The van der Waals surface area contributed by atoms with Crippen LogP contribution in [-0.2, 0) is 262 Å². The number of rotatable bonds is 61. The first kappa shape index (κ1) is 185. The van der Waals surface area contributed by atoms with E-state index in [0.29, 0.717) is 0 Å². The van der Waals surface area contributed by atoms with Gasteiger partial charge in [0.2, 0.25) is 0 Å². The zero-order valence-corrected chi connectivity index (χ0v) is 121. The Bertz CT molecular complexity index is 5280. The molecule has 18 atom stereocenters. The van der Waals surface area contributed by atoms with Crippen molar-refractivity contribution in [3.05, 3.63) is 0 Å². The minimum atomic E-state index is -6.66. The minimum absolute atomic E-state index is 0. The van der Waals surface area contributed by atoms with Crippen molar-refractivity contribution in [2.24, 2.45) is 0 Å². The predicted molar refractivity (Wildman–Crippen MR) is 458 cm³/mol. The molecule has 104 heteroatoms. The zero-order valence-electron chi connectivity index (χ0n) is 75.4. The molecule has 0 spiro atoms. The van der Waals surface area contributed by atoms with Gasteiger partial charge >= 0.3 is 166 Å². The van der Waals surface area contributed by atoms with E-state index in [1.807, 2.05) is 0 Å². The van der Waals surface area contributed by atoms with E-state index in [-0.39, 0.29) is 537 Å². The Morgan fingerprint density at radius 2 is 0.421 bits per heavy atom. The third-order valence-electron chi connectivity index (χ3n) is 13.8. The van der Waals surface area contributed by atoms with Crippen LogP contribution in [0.1, 0.15) is 64.2 Å². The molecule has 0 unspecified atom stereocenters. The van der Waals surface area contributed by atoms with Gasteiger partial charge in [0, 0.05) is 486 Å². The van der Waals surface area contributed by atoms with Gasteiger partial charge < -0.3 is 29.6 Å². The topological polar surface area (TPSA) is 1110 Å². The van der Waals surface area contributed by atoms with Crippen molar-refractivity contribution in [2.75, 3.05) is 39.5 Å². The van der Waals surface area contributed by atoms with Gasteiger partial charge in [0.25, 0.3) is 11.8 Å². The van der Waals surface area contributed by atoms with Gasteiger partial charge in [0.15, 0.2) is 37.0 Å². The fourth-order valence-corrected chi connectivity index (χ4v) is 17.0. The van der Waals surface area contributed by atoms with Gasteiger partial charge in [-0.3, -0.25) is 82.4 Å². The molecule has 2 saturated heterocycles. The Hall–Kier alpha value is 12.7. The number of hydrogen-bond donors (Lipinski definition) is 18. The third kappa shape index (κ3) is 90.0. The van der Waals surface area contributed by atoms with Gasteiger partial charge in [-0.25, -0.2) is 66.9 Å². The van der Waals surface area contributed by atoms with Gasteiger partial charge in [-0.2, -0.15) is 135 Å². The molecular weight excluding hydrogens is 2460 g/mol. The molecule has 140 heavy (non-hydrogen) atoms. The Labute approximate surface area is 1160 Å². The number of nitrogens with one attached hydrogen (secondary N) is 2. The first-order valence-corrected chi connectivity index (χ1v) is 52.6.